The molecular formula is C26H29N5O3S2. The number of thiophene rings is 1. The zero-order valence-electron chi connectivity index (χ0n) is 20.3. The second kappa shape index (κ2) is 11.4. The number of hydrogen-bond acceptors (Lipinski definition) is 9. The lowest BCUT2D eigenvalue weighted by atomic mass is 10.0. The summed E-state index contributed by atoms with van der Waals surface area (Å²) in [6.07, 6.45) is 3.15. The maximum Gasteiger partial charge on any atom is 0.226 e. The quantitative estimate of drug-likeness (QED) is 0.267. The van der Waals surface area contributed by atoms with Gasteiger partial charge in [0.05, 0.1) is 23.9 Å². The summed E-state index contributed by atoms with van der Waals surface area (Å²) in [7, 11) is 3.28. The molecule has 3 N–H and O–H groups in total. The van der Waals surface area contributed by atoms with Crippen molar-refractivity contribution in [2.24, 2.45) is 0 Å². The van der Waals surface area contributed by atoms with Gasteiger partial charge in [0, 0.05) is 61.4 Å². The predicted octanol–water partition coefficient (Wildman–Crippen LogP) is 4.31. The summed E-state index contributed by atoms with van der Waals surface area (Å²) < 4.78 is 11.3. The van der Waals surface area contributed by atoms with Crippen molar-refractivity contribution >= 4 is 43.8 Å². The molecule has 0 saturated heterocycles. The maximum atomic E-state index is 12.7. The average molecular weight is 524 g/mol. The molecule has 188 valence electrons. The van der Waals surface area contributed by atoms with Gasteiger partial charge in [0.2, 0.25) is 11.8 Å². The highest BCUT2D eigenvalue weighted by molar-refractivity contribution is 7.23. The number of carbonyl (C=O) groups excluding carboxylic acids is 1. The topological polar surface area (TPSA) is 97.4 Å². The number of nitrogens with one attached hydrogen (secondary N) is 3. The van der Waals surface area contributed by atoms with Gasteiger partial charge >= 0.3 is 0 Å². The molecule has 5 rings (SSSR count). The third-order valence-corrected chi connectivity index (χ3v) is 8.26. The van der Waals surface area contributed by atoms with Crippen molar-refractivity contribution in [2.45, 2.75) is 19.4 Å². The van der Waals surface area contributed by atoms with E-state index in [0.717, 1.165) is 63.0 Å². The van der Waals surface area contributed by atoms with Crippen molar-refractivity contribution in [3.63, 3.8) is 0 Å². The lowest BCUT2D eigenvalue weighted by molar-refractivity contribution is -0.116. The SMILES string of the molecule is COCCNCCC(=O)Nc1sc2c(c1-c1nc3ccc(-c4ccc(OC)nc4)cc3s1)CCNC2. The van der Waals surface area contributed by atoms with E-state index in [0.29, 0.717) is 25.5 Å². The Morgan fingerprint density at radius 2 is 2.03 bits per heavy atom. The van der Waals surface area contributed by atoms with E-state index >= 15 is 0 Å². The number of pyridine rings is 1. The fraction of sp³-hybridized carbons (Fsp3) is 0.346. The molecule has 0 fully saturated rings. The highest BCUT2D eigenvalue weighted by atomic mass is 32.1. The van der Waals surface area contributed by atoms with E-state index in [1.807, 2.05) is 18.3 Å². The molecule has 0 unspecified atom stereocenters. The van der Waals surface area contributed by atoms with Crippen LogP contribution in [0, 0.1) is 0 Å². The smallest absolute Gasteiger partial charge is 0.226 e. The molecule has 1 amide bonds. The van der Waals surface area contributed by atoms with E-state index in [1.54, 1.807) is 36.9 Å². The van der Waals surface area contributed by atoms with Crippen molar-refractivity contribution in [1.82, 2.24) is 20.6 Å². The Morgan fingerprint density at radius 3 is 2.83 bits per heavy atom. The minimum absolute atomic E-state index is 0.00289. The van der Waals surface area contributed by atoms with E-state index in [1.165, 1.54) is 10.4 Å². The number of hydrogen-bond donors (Lipinski definition) is 3. The fourth-order valence-electron chi connectivity index (χ4n) is 4.22. The highest BCUT2D eigenvalue weighted by Gasteiger charge is 2.25. The molecule has 0 spiro atoms. The summed E-state index contributed by atoms with van der Waals surface area (Å²) in [6.45, 7) is 3.72. The Morgan fingerprint density at radius 1 is 1.14 bits per heavy atom. The lowest BCUT2D eigenvalue weighted by Gasteiger charge is -2.13. The first kappa shape index (κ1) is 24.8. The Balaban J connectivity index is 1.42. The van der Waals surface area contributed by atoms with Crippen LogP contribution in [0.25, 0.3) is 31.9 Å². The Bertz CT molecular complexity index is 1350. The van der Waals surface area contributed by atoms with Crippen LogP contribution >= 0.6 is 22.7 Å². The van der Waals surface area contributed by atoms with Crippen LogP contribution < -0.4 is 20.7 Å². The van der Waals surface area contributed by atoms with Gasteiger partial charge in [-0.05, 0) is 42.3 Å². The standard InChI is InChI=1S/C26H29N5O3S2/c1-33-12-11-27-10-8-22(32)31-26-24(18-7-9-28-15-21(18)36-26)25-30-19-5-3-16(13-20(19)35-25)17-4-6-23(34-2)29-14-17/h3-6,13-14,27-28H,7-12,15H2,1-2H3,(H,31,32). The molecule has 0 bridgehead atoms. The van der Waals surface area contributed by atoms with E-state index in [4.69, 9.17) is 14.5 Å². The van der Waals surface area contributed by atoms with E-state index < -0.39 is 0 Å². The number of benzene rings is 1. The van der Waals surface area contributed by atoms with Gasteiger partial charge in [-0.2, -0.15) is 0 Å². The number of aromatic nitrogens is 2. The molecule has 1 aliphatic heterocycles. The van der Waals surface area contributed by atoms with Crippen molar-refractivity contribution in [1.29, 1.82) is 0 Å². The van der Waals surface area contributed by atoms with Crippen molar-refractivity contribution in [3.8, 4) is 27.6 Å². The fourth-order valence-corrected chi connectivity index (χ4v) is 6.61. The summed E-state index contributed by atoms with van der Waals surface area (Å²) in [5.41, 5.74) is 5.43. The second-order valence-electron chi connectivity index (χ2n) is 8.47. The van der Waals surface area contributed by atoms with Crippen molar-refractivity contribution < 1.29 is 14.3 Å². The van der Waals surface area contributed by atoms with Gasteiger partial charge in [0.15, 0.2) is 0 Å². The van der Waals surface area contributed by atoms with Crippen molar-refractivity contribution in [2.75, 3.05) is 45.8 Å². The number of fused-ring (bicyclic) bond motifs is 2. The minimum atomic E-state index is 0.00289. The largest absolute Gasteiger partial charge is 0.481 e. The molecule has 1 aromatic carbocycles. The number of rotatable bonds is 10. The van der Waals surface area contributed by atoms with Crippen LogP contribution in [0.3, 0.4) is 0 Å². The van der Waals surface area contributed by atoms with Crippen molar-refractivity contribution in [3.05, 3.63) is 47.0 Å². The van der Waals surface area contributed by atoms with Crippen LogP contribution in [0.4, 0.5) is 5.00 Å². The van der Waals surface area contributed by atoms with Crippen LogP contribution in [-0.4, -0.2) is 56.3 Å². The second-order valence-corrected chi connectivity index (χ2v) is 10.6. The normalized spacial score (nSPS) is 13.1. The molecule has 0 atom stereocenters. The molecule has 0 aliphatic carbocycles. The molecule has 36 heavy (non-hydrogen) atoms. The Hall–Kier alpha value is -2.89. The summed E-state index contributed by atoms with van der Waals surface area (Å²) in [5, 5.41) is 11.7. The van der Waals surface area contributed by atoms with Gasteiger partial charge in [0.1, 0.15) is 10.0 Å². The van der Waals surface area contributed by atoms with Gasteiger partial charge in [-0.1, -0.05) is 6.07 Å². The lowest BCUT2D eigenvalue weighted by Crippen LogP contribution is -2.24. The summed E-state index contributed by atoms with van der Waals surface area (Å²) >= 11 is 3.32. The van der Waals surface area contributed by atoms with E-state index in [-0.39, 0.29) is 5.91 Å². The number of amides is 1. The first-order valence-electron chi connectivity index (χ1n) is 11.9. The molecular weight excluding hydrogens is 494 g/mol. The van der Waals surface area contributed by atoms with E-state index in [9.17, 15) is 4.79 Å². The molecule has 10 heteroatoms. The van der Waals surface area contributed by atoms with E-state index in [2.05, 4.69) is 39.1 Å². The summed E-state index contributed by atoms with van der Waals surface area (Å²) in [4.78, 5) is 23.3. The minimum Gasteiger partial charge on any atom is -0.481 e. The van der Waals surface area contributed by atoms with Gasteiger partial charge < -0.3 is 25.4 Å². The number of ether oxygens (including phenoxy) is 2. The van der Waals surface area contributed by atoms with Gasteiger partial charge in [-0.25, -0.2) is 9.97 Å². The van der Waals surface area contributed by atoms with Crippen LogP contribution in [-0.2, 0) is 22.5 Å². The van der Waals surface area contributed by atoms with Gasteiger partial charge in [-0.3, -0.25) is 4.79 Å². The molecule has 0 radical (unpaired) electrons. The van der Waals surface area contributed by atoms with Gasteiger partial charge in [-0.15, -0.1) is 22.7 Å². The molecule has 8 nitrogen and oxygen atoms in total. The Labute approximate surface area is 218 Å². The number of thiazole rings is 1. The average Bonchev–Trinajstić information content (AvgIpc) is 3.48. The predicted molar refractivity (Wildman–Crippen MR) is 146 cm³/mol. The Kier molecular flexibility index (Phi) is 7.88. The highest BCUT2D eigenvalue weighted by Crippen LogP contribution is 2.45. The molecule has 4 aromatic rings. The molecule has 3 aromatic heterocycles. The first-order chi connectivity index (χ1) is 17.7. The van der Waals surface area contributed by atoms with Crippen LogP contribution in [0.2, 0.25) is 0 Å². The maximum absolute atomic E-state index is 12.7. The zero-order chi connectivity index (χ0) is 24.9. The number of nitrogens with zero attached hydrogens (tertiary/aromatic N) is 2. The van der Waals surface area contributed by atoms with Crippen LogP contribution in [0.1, 0.15) is 16.9 Å². The molecule has 1 aliphatic rings. The zero-order valence-corrected chi connectivity index (χ0v) is 22.0. The molecule has 4 heterocycles. The molecule has 0 saturated carbocycles. The van der Waals surface area contributed by atoms with Gasteiger partial charge in [0.25, 0.3) is 0 Å². The summed E-state index contributed by atoms with van der Waals surface area (Å²) in [5.74, 6) is 0.597. The monoisotopic (exact) mass is 523 g/mol. The number of anilines is 1. The van der Waals surface area contributed by atoms with Crippen LogP contribution in [0.5, 0.6) is 5.88 Å². The third-order valence-electron chi connectivity index (χ3n) is 6.07. The number of methoxy groups -OCH3 is 2. The third kappa shape index (κ3) is 5.42. The van der Waals surface area contributed by atoms with Crippen LogP contribution in [0.15, 0.2) is 36.5 Å². The summed E-state index contributed by atoms with van der Waals surface area (Å²) in [6, 6.07) is 10.2. The number of carbonyl (C=O) groups is 1. The first-order valence-corrected chi connectivity index (χ1v) is 13.6.